The minimum absolute atomic E-state index is 0.167. The van der Waals surface area contributed by atoms with Gasteiger partial charge in [-0.2, -0.15) is 0 Å². The summed E-state index contributed by atoms with van der Waals surface area (Å²) in [5.41, 5.74) is 1.80. The Morgan fingerprint density at radius 3 is 2.43 bits per heavy atom. The van der Waals surface area contributed by atoms with Crippen molar-refractivity contribution in [2.75, 3.05) is 0 Å². The first-order valence-corrected chi connectivity index (χ1v) is 7.34. The molecule has 0 saturated carbocycles. The highest BCUT2D eigenvalue weighted by Gasteiger charge is 2.09. The summed E-state index contributed by atoms with van der Waals surface area (Å²) < 4.78 is 19.5. The maximum absolute atomic E-state index is 13.9. The number of benzene rings is 2. The van der Waals surface area contributed by atoms with Crippen LogP contribution in [0, 0.1) is 5.82 Å². The smallest absolute Gasteiger partial charge is 0.166 e. The molecule has 3 heteroatoms. The quantitative estimate of drug-likeness (QED) is 0.809. The lowest BCUT2D eigenvalue weighted by atomic mass is 10.1. The highest BCUT2D eigenvalue weighted by atomic mass is 19.1. The second-order valence-corrected chi connectivity index (χ2v) is 5.22. The van der Waals surface area contributed by atoms with Crippen molar-refractivity contribution in [3.8, 4) is 11.5 Å². The minimum atomic E-state index is -0.689. The molecule has 21 heavy (non-hydrogen) atoms. The number of hydrogen-bond acceptors (Lipinski definition) is 2. The molecule has 0 saturated heterocycles. The fourth-order valence-electron chi connectivity index (χ4n) is 2.09. The van der Waals surface area contributed by atoms with E-state index in [4.69, 9.17) is 4.74 Å². The van der Waals surface area contributed by atoms with Crippen molar-refractivity contribution in [2.24, 2.45) is 0 Å². The van der Waals surface area contributed by atoms with Crippen molar-refractivity contribution in [1.82, 2.24) is 0 Å². The Hall–Kier alpha value is -1.87. The monoisotopic (exact) mass is 288 g/mol. The molecular weight excluding hydrogens is 267 g/mol. The largest absolute Gasteiger partial charge is 0.454 e. The Labute approximate surface area is 125 Å². The molecule has 0 amide bonds. The number of aliphatic hydroxyl groups excluding tert-OH is 1. The van der Waals surface area contributed by atoms with E-state index in [1.807, 2.05) is 24.3 Å². The second-order valence-electron chi connectivity index (χ2n) is 5.22. The highest BCUT2D eigenvalue weighted by Crippen LogP contribution is 2.27. The predicted octanol–water partition coefficient (Wildman–Crippen LogP) is 5.01. The van der Waals surface area contributed by atoms with Gasteiger partial charge in [0, 0.05) is 0 Å². The molecule has 2 nitrogen and oxygen atoms in total. The van der Waals surface area contributed by atoms with E-state index in [0.29, 0.717) is 11.3 Å². The van der Waals surface area contributed by atoms with Crippen LogP contribution in [0.1, 0.15) is 43.9 Å². The molecule has 0 aliphatic heterocycles. The summed E-state index contributed by atoms with van der Waals surface area (Å²) in [5, 5.41) is 9.42. The van der Waals surface area contributed by atoms with E-state index in [-0.39, 0.29) is 5.75 Å². The van der Waals surface area contributed by atoms with Gasteiger partial charge in [-0.25, -0.2) is 4.39 Å². The number of hydrogen-bond donors (Lipinski definition) is 1. The van der Waals surface area contributed by atoms with Gasteiger partial charge in [-0.3, -0.25) is 0 Å². The summed E-state index contributed by atoms with van der Waals surface area (Å²) in [6, 6.07) is 12.2. The second kappa shape index (κ2) is 7.23. The fourth-order valence-corrected chi connectivity index (χ4v) is 2.09. The zero-order chi connectivity index (χ0) is 15.2. The number of aryl methyl sites for hydroxylation is 1. The molecule has 1 N–H and O–H groups in total. The first kappa shape index (κ1) is 15.5. The summed E-state index contributed by atoms with van der Waals surface area (Å²) in [7, 11) is 0. The Morgan fingerprint density at radius 2 is 1.86 bits per heavy atom. The molecule has 1 atom stereocenters. The zero-order valence-corrected chi connectivity index (χ0v) is 12.5. The van der Waals surface area contributed by atoms with Crippen molar-refractivity contribution in [1.29, 1.82) is 0 Å². The molecule has 112 valence electrons. The van der Waals surface area contributed by atoms with E-state index in [2.05, 4.69) is 6.92 Å². The third kappa shape index (κ3) is 4.30. The Bertz CT molecular complexity index is 576. The molecule has 0 aliphatic rings. The zero-order valence-electron chi connectivity index (χ0n) is 12.5. The lowest BCUT2D eigenvalue weighted by molar-refractivity contribution is 0.198. The van der Waals surface area contributed by atoms with Gasteiger partial charge in [-0.15, -0.1) is 0 Å². The number of ether oxygens (including phenoxy) is 1. The maximum atomic E-state index is 13.9. The topological polar surface area (TPSA) is 29.5 Å². The van der Waals surface area contributed by atoms with Crippen LogP contribution in [0.5, 0.6) is 11.5 Å². The number of unbranched alkanes of at least 4 members (excludes halogenated alkanes) is 1. The molecule has 0 fully saturated rings. The number of aliphatic hydroxyl groups is 1. The Balaban J connectivity index is 2.07. The van der Waals surface area contributed by atoms with Crippen LogP contribution < -0.4 is 4.74 Å². The standard InChI is InChI=1S/C18H21FO2/c1-3-4-5-14-6-9-16(10-7-14)21-18-11-8-15(13(2)20)12-17(18)19/h6-13,20H,3-5H2,1-2H3. The van der Waals surface area contributed by atoms with E-state index in [1.165, 1.54) is 18.1 Å². The molecule has 2 aromatic rings. The first-order chi connectivity index (χ1) is 10.1. The lowest BCUT2D eigenvalue weighted by Crippen LogP contribution is -1.94. The molecule has 2 rings (SSSR count). The third-order valence-electron chi connectivity index (χ3n) is 3.41. The van der Waals surface area contributed by atoms with Gasteiger partial charge in [0.2, 0.25) is 0 Å². The van der Waals surface area contributed by atoms with Crippen LogP contribution in [0.25, 0.3) is 0 Å². The van der Waals surface area contributed by atoms with E-state index in [9.17, 15) is 9.50 Å². The molecule has 0 aliphatic carbocycles. The SMILES string of the molecule is CCCCc1ccc(Oc2ccc(C(C)O)cc2F)cc1. The molecule has 0 heterocycles. The molecular formula is C18H21FO2. The van der Waals surface area contributed by atoms with Crippen molar-refractivity contribution < 1.29 is 14.2 Å². The van der Waals surface area contributed by atoms with Crippen molar-refractivity contribution in [2.45, 2.75) is 39.2 Å². The predicted molar refractivity (Wildman–Crippen MR) is 82.2 cm³/mol. The van der Waals surface area contributed by atoms with Crippen LogP contribution in [0.15, 0.2) is 42.5 Å². The normalized spacial score (nSPS) is 12.2. The summed E-state index contributed by atoms with van der Waals surface area (Å²) in [6.07, 6.45) is 2.69. The van der Waals surface area contributed by atoms with Crippen LogP contribution in [0.3, 0.4) is 0 Å². The average Bonchev–Trinajstić information content (AvgIpc) is 2.48. The van der Waals surface area contributed by atoms with Crippen molar-refractivity contribution >= 4 is 0 Å². The van der Waals surface area contributed by atoms with Crippen LogP contribution in [-0.4, -0.2) is 5.11 Å². The van der Waals surface area contributed by atoms with Crippen LogP contribution in [0.4, 0.5) is 4.39 Å². The fraction of sp³-hybridized carbons (Fsp3) is 0.333. The van der Waals surface area contributed by atoms with E-state index in [1.54, 1.807) is 19.1 Å². The molecule has 1 unspecified atom stereocenters. The summed E-state index contributed by atoms with van der Waals surface area (Å²) in [4.78, 5) is 0. The average molecular weight is 288 g/mol. The Kier molecular flexibility index (Phi) is 5.34. The van der Waals surface area contributed by atoms with Crippen molar-refractivity contribution in [3.05, 3.63) is 59.4 Å². The van der Waals surface area contributed by atoms with Gasteiger partial charge in [-0.1, -0.05) is 31.5 Å². The van der Waals surface area contributed by atoms with Gasteiger partial charge in [0.15, 0.2) is 11.6 Å². The molecule has 0 spiro atoms. The van der Waals surface area contributed by atoms with Gasteiger partial charge < -0.3 is 9.84 Å². The maximum Gasteiger partial charge on any atom is 0.166 e. The van der Waals surface area contributed by atoms with Crippen molar-refractivity contribution in [3.63, 3.8) is 0 Å². The summed E-state index contributed by atoms with van der Waals surface area (Å²) in [6.45, 7) is 3.77. The van der Waals surface area contributed by atoms with Gasteiger partial charge in [0.1, 0.15) is 5.75 Å². The first-order valence-electron chi connectivity index (χ1n) is 7.34. The van der Waals surface area contributed by atoms with E-state index < -0.39 is 11.9 Å². The van der Waals surface area contributed by atoms with Crippen LogP contribution in [0.2, 0.25) is 0 Å². The molecule has 2 aromatic carbocycles. The molecule has 0 aromatic heterocycles. The number of halogens is 1. The minimum Gasteiger partial charge on any atom is -0.454 e. The lowest BCUT2D eigenvalue weighted by Gasteiger charge is -2.10. The van der Waals surface area contributed by atoms with Gasteiger partial charge in [0.25, 0.3) is 0 Å². The van der Waals surface area contributed by atoms with Crippen LogP contribution in [-0.2, 0) is 6.42 Å². The third-order valence-corrected chi connectivity index (χ3v) is 3.41. The van der Waals surface area contributed by atoms with Gasteiger partial charge in [-0.05, 0) is 55.2 Å². The van der Waals surface area contributed by atoms with Gasteiger partial charge >= 0.3 is 0 Å². The van der Waals surface area contributed by atoms with Gasteiger partial charge in [0.05, 0.1) is 6.10 Å². The molecule has 0 radical (unpaired) electrons. The highest BCUT2D eigenvalue weighted by molar-refractivity contribution is 5.36. The van der Waals surface area contributed by atoms with E-state index in [0.717, 1.165) is 12.8 Å². The van der Waals surface area contributed by atoms with Crippen LogP contribution >= 0.6 is 0 Å². The Morgan fingerprint density at radius 1 is 1.14 bits per heavy atom. The summed E-state index contributed by atoms with van der Waals surface area (Å²) in [5.74, 6) is 0.308. The number of rotatable bonds is 6. The molecule has 0 bridgehead atoms. The summed E-state index contributed by atoms with van der Waals surface area (Å²) >= 11 is 0. The van der Waals surface area contributed by atoms with E-state index >= 15 is 0 Å².